The van der Waals surface area contributed by atoms with Crippen LogP contribution < -0.4 is 33.1 Å². The van der Waals surface area contributed by atoms with Crippen LogP contribution in [-0.2, 0) is 38.3 Å². The summed E-state index contributed by atoms with van der Waals surface area (Å²) in [5.41, 5.74) is 10.6. The largest absolute Gasteiger partial charge is 0.414 e. The topological polar surface area (TPSA) is 224 Å². The first kappa shape index (κ1) is 56.9. The number of unbranched alkanes of at least 4 members (excludes halogenated alkanes) is 8. The summed E-state index contributed by atoms with van der Waals surface area (Å²) in [6.07, 6.45) is 10.6. The first-order chi connectivity index (χ1) is 32.7. The molecule has 17 nitrogen and oxygen atoms in total. The molecule has 4 rings (SSSR count). The van der Waals surface area contributed by atoms with Crippen molar-refractivity contribution in [3.8, 4) is 0 Å². The minimum Gasteiger partial charge on any atom is -0.414 e. The lowest BCUT2D eigenvalue weighted by Crippen LogP contribution is -2.47. The molecule has 0 bridgehead atoms. The summed E-state index contributed by atoms with van der Waals surface area (Å²) in [6, 6.07) is 5.64. The summed E-state index contributed by atoms with van der Waals surface area (Å²) in [5, 5.41) is 10.5. The summed E-state index contributed by atoms with van der Waals surface area (Å²) < 4.78 is 16.9. The maximum absolute atomic E-state index is 13.6. The van der Waals surface area contributed by atoms with E-state index in [-0.39, 0.29) is 48.4 Å². The fourth-order valence-electron chi connectivity index (χ4n) is 8.60. The maximum Gasteiger partial charge on any atom is 0.333 e. The molecule has 2 amide bonds. The van der Waals surface area contributed by atoms with Crippen molar-refractivity contribution in [3.05, 3.63) is 98.8 Å². The molecule has 3 aromatic rings. The molecule has 1 aliphatic heterocycles. The molecule has 0 saturated carbocycles. The Morgan fingerprint density at radius 1 is 0.899 bits per heavy atom. The van der Waals surface area contributed by atoms with E-state index in [4.69, 9.17) is 9.16 Å². The Bertz CT molecular complexity index is 2470. The zero-order chi connectivity index (χ0) is 50.9. The van der Waals surface area contributed by atoms with Gasteiger partial charge in [0.2, 0.25) is 11.8 Å². The highest BCUT2D eigenvalue weighted by Gasteiger charge is 2.45. The third kappa shape index (κ3) is 16.4. The summed E-state index contributed by atoms with van der Waals surface area (Å²) in [5.74, 6) is 0.166. The predicted octanol–water partition coefficient (Wildman–Crippen LogP) is 8.74. The Labute approximate surface area is 412 Å². The molecule has 3 atom stereocenters. The zero-order valence-corrected chi connectivity index (χ0v) is 44.7. The van der Waals surface area contributed by atoms with E-state index in [9.17, 15) is 34.3 Å². The summed E-state index contributed by atoms with van der Waals surface area (Å²) >= 11 is 1.44. The standard InChI is InChI=1S/C50H79N9O8SSi/c1-11-39-45(62)54-48(64)58(47(39)68-38-29-35(4)28-36(5)30-38)26-21-18-22-42(60)52-24-19-16-14-12-13-15-17-20-25-53-43(61)23-27-57-46(63)37(6)32-59(49(57)65)44-31-40(55-56-51)41(67-44)33-66-69(9,10)50(7,8)34(2)3/h28-30,32,34,40-41,44H,11-27,31,33H2,1-10H3,(H,52,60)(H,53,61)(H,54,62,64)/t40-,41+,44+/m0/s1. The average Bonchev–Trinajstić information content (AvgIpc) is 3.68. The lowest BCUT2D eigenvalue weighted by molar-refractivity contribution is -0.122. The molecule has 0 spiro atoms. The number of rotatable bonds is 29. The van der Waals surface area contributed by atoms with Gasteiger partial charge in [0.05, 0.1) is 23.8 Å². The van der Waals surface area contributed by atoms with Gasteiger partial charge in [0, 0.05) is 72.6 Å². The number of aromatic amines is 1. The number of amides is 2. The Balaban J connectivity index is 1.08. The van der Waals surface area contributed by atoms with Crippen LogP contribution in [0.1, 0.15) is 147 Å². The number of ether oxygens (including phenoxy) is 1. The van der Waals surface area contributed by atoms with Crippen molar-refractivity contribution in [2.45, 2.75) is 205 Å². The van der Waals surface area contributed by atoms with E-state index < -0.39 is 43.6 Å². The van der Waals surface area contributed by atoms with E-state index in [0.29, 0.717) is 67.4 Å². The second-order valence-electron chi connectivity index (χ2n) is 20.0. The molecule has 382 valence electrons. The van der Waals surface area contributed by atoms with Crippen LogP contribution in [0.5, 0.6) is 0 Å². The molecule has 0 radical (unpaired) electrons. The van der Waals surface area contributed by atoms with Gasteiger partial charge in [0.25, 0.3) is 11.1 Å². The van der Waals surface area contributed by atoms with Gasteiger partial charge in [-0.05, 0) is 106 Å². The second-order valence-corrected chi connectivity index (χ2v) is 25.7. The van der Waals surface area contributed by atoms with Gasteiger partial charge < -0.3 is 19.8 Å². The molecule has 0 aliphatic carbocycles. The molecular formula is C50H79N9O8SSi. The quantitative estimate of drug-likeness (QED) is 0.0151. The molecule has 1 saturated heterocycles. The Kier molecular flexibility index (Phi) is 22.3. The van der Waals surface area contributed by atoms with Crippen molar-refractivity contribution < 1.29 is 18.8 Å². The van der Waals surface area contributed by atoms with Crippen molar-refractivity contribution in [2.75, 3.05) is 19.7 Å². The van der Waals surface area contributed by atoms with Crippen LogP contribution in [-0.4, -0.2) is 70.7 Å². The molecule has 3 heterocycles. The highest BCUT2D eigenvalue weighted by atomic mass is 32.2. The number of H-pyrrole nitrogens is 1. The van der Waals surface area contributed by atoms with Crippen molar-refractivity contribution >= 4 is 31.9 Å². The number of benzene rings is 1. The smallest absolute Gasteiger partial charge is 0.333 e. The van der Waals surface area contributed by atoms with E-state index >= 15 is 0 Å². The van der Waals surface area contributed by atoms with Crippen LogP contribution in [0.4, 0.5) is 0 Å². The number of azide groups is 1. The molecule has 19 heteroatoms. The number of hydrogen-bond donors (Lipinski definition) is 3. The molecule has 1 aromatic carbocycles. The van der Waals surface area contributed by atoms with Crippen LogP contribution in [0.3, 0.4) is 0 Å². The molecule has 2 aromatic heterocycles. The molecule has 1 aliphatic rings. The highest BCUT2D eigenvalue weighted by molar-refractivity contribution is 7.99. The second kappa shape index (κ2) is 27.1. The number of nitrogens with zero attached hydrogens (tertiary/aromatic N) is 6. The first-order valence-corrected chi connectivity index (χ1v) is 28.7. The third-order valence-corrected chi connectivity index (χ3v) is 19.7. The fourth-order valence-corrected chi connectivity index (χ4v) is 12.3. The van der Waals surface area contributed by atoms with Gasteiger partial charge in [-0.3, -0.25) is 37.9 Å². The van der Waals surface area contributed by atoms with E-state index in [0.717, 1.165) is 72.0 Å². The van der Waals surface area contributed by atoms with Crippen LogP contribution in [0.2, 0.25) is 18.1 Å². The van der Waals surface area contributed by atoms with Gasteiger partial charge in [-0.1, -0.05) is 96.1 Å². The number of aryl methyl sites for hydroxylation is 3. The van der Waals surface area contributed by atoms with Crippen LogP contribution >= 0.6 is 11.8 Å². The van der Waals surface area contributed by atoms with Crippen molar-refractivity contribution in [2.24, 2.45) is 11.0 Å². The van der Waals surface area contributed by atoms with Crippen molar-refractivity contribution in [1.82, 2.24) is 29.3 Å². The summed E-state index contributed by atoms with van der Waals surface area (Å²) in [7, 11) is -2.21. The summed E-state index contributed by atoms with van der Waals surface area (Å²) in [4.78, 5) is 84.1. The van der Waals surface area contributed by atoms with Crippen LogP contribution in [0, 0.1) is 26.7 Å². The van der Waals surface area contributed by atoms with Gasteiger partial charge in [-0.25, -0.2) is 9.59 Å². The minimum absolute atomic E-state index is 0.00147. The fraction of sp³-hybridized carbons (Fsp3) is 0.680. The lowest BCUT2D eigenvalue weighted by Gasteiger charge is -2.43. The molecule has 1 fully saturated rings. The first-order valence-electron chi connectivity index (χ1n) is 25.0. The van der Waals surface area contributed by atoms with Crippen LogP contribution in [0.25, 0.3) is 10.4 Å². The van der Waals surface area contributed by atoms with Crippen LogP contribution in [0.15, 0.2) is 58.6 Å². The van der Waals surface area contributed by atoms with Crippen molar-refractivity contribution in [3.63, 3.8) is 0 Å². The van der Waals surface area contributed by atoms with Gasteiger partial charge >= 0.3 is 11.4 Å². The van der Waals surface area contributed by atoms with Gasteiger partial charge in [-0.15, -0.1) is 0 Å². The average molecular weight is 994 g/mol. The number of hydrogen-bond acceptors (Lipinski definition) is 10. The molecule has 0 unspecified atom stereocenters. The predicted molar refractivity (Wildman–Crippen MR) is 276 cm³/mol. The third-order valence-electron chi connectivity index (χ3n) is 14.0. The van der Waals surface area contributed by atoms with E-state index in [2.05, 4.69) is 84.6 Å². The minimum atomic E-state index is -2.21. The number of carbonyl (C=O) groups excluding carboxylic acids is 2. The van der Waals surface area contributed by atoms with E-state index in [1.165, 1.54) is 22.5 Å². The summed E-state index contributed by atoms with van der Waals surface area (Å²) in [6.45, 7) is 22.4. The Hall–Kier alpha value is -4.68. The number of carbonyl (C=O) groups is 2. The van der Waals surface area contributed by atoms with E-state index in [1.807, 2.05) is 20.8 Å². The van der Waals surface area contributed by atoms with Crippen molar-refractivity contribution in [1.29, 1.82) is 0 Å². The SMILES string of the molecule is CCc1c(Sc2cc(C)cc(C)c2)n(CCCCC(=O)NCCCCCCCCCCNC(=O)CCn2c(=O)c(C)cn([C@H]3C[C@H](N=[N+]=[N-])[C@@H](CO[Si](C)(C)C(C)(C)C(C)C)O3)c2=O)c(=O)[nH]c1=O. The lowest BCUT2D eigenvalue weighted by atomic mass is 9.99. The Morgan fingerprint density at radius 2 is 1.49 bits per heavy atom. The normalized spacial score (nSPS) is 16.2. The monoisotopic (exact) mass is 994 g/mol. The highest BCUT2D eigenvalue weighted by Crippen LogP contribution is 2.45. The van der Waals surface area contributed by atoms with Gasteiger partial charge in [0.1, 0.15) is 6.23 Å². The number of nitrogens with one attached hydrogen (secondary N) is 3. The molecule has 69 heavy (non-hydrogen) atoms. The number of aromatic nitrogens is 4. The zero-order valence-electron chi connectivity index (χ0n) is 42.9. The van der Waals surface area contributed by atoms with Gasteiger partial charge in [-0.2, -0.15) is 0 Å². The van der Waals surface area contributed by atoms with E-state index in [1.54, 1.807) is 11.5 Å². The Morgan fingerprint density at radius 3 is 2.07 bits per heavy atom. The molecular weight excluding hydrogens is 915 g/mol. The maximum atomic E-state index is 13.6. The van der Waals surface area contributed by atoms with Gasteiger partial charge in [0.15, 0.2) is 8.32 Å². The molecule has 3 N–H and O–H groups in total.